The van der Waals surface area contributed by atoms with Crippen LogP contribution in [0.25, 0.3) is 11.5 Å². The van der Waals surface area contributed by atoms with E-state index in [1.165, 1.54) is 6.26 Å². The van der Waals surface area contributed by atoms with Crippen LogP contribution in [0.4, 0.5) is 11.6 Å². The molecule has 4 rings (SSSR count). The average Bonchev–Trinajstić information content (AvgIpc) is 3.36. The van der Waals surface area contributed by atoms with Gasteiger partial charge in [-0.15, -0.1) is 0 Å². The molecule has 132 valence electrons. The Morgan fingerprint density at radius 1 is 1.27 bits per heavy atom. The maximum absolute atomic E-state index is 12.5. The van der Waals surface area contributed by atoms with Crippen LogP contribution in [0.1, 0.15) is 12.0 Å². The topological polar surface area (TPSA) is 88.6 Å². The van der Waals surface area contributed by atoms with E-state index in [1.54, 1.807) is 23.1 Å². The standard InChI is InChI=1S/C19H17N3O4/c1-12-4-6-14(7-5-12)22-11-13(9-18(22)23)19(24)20-17-10-15(21-26-17)16-3-2-8-25-16/h2-8,10,13H,9,11H2,1H3,(H,20,24). The third-order valence-electron chi connectivity index (χ3n) is 4.37. The SMILES string of the molecule is Cc1ccc(N2CC(C(=O)Nc3cc(-c4ccco4)no3)CC2=O)cc1. The van der Waals surface area contributed by atoms with E-state index < -0.39 is 5.92 Å². The van der Waals surface area contributed by atoms with E-state index >= 15 is 0 Å². The van der Waals surface area contributed by atoms with Gasteiger partial charge in [-0.3, -0.25) is 14.9 Å². The fraction of sp³-hybridized carbons (Fsp3) is 0.211. The largest absolute Gasteiger partial charge is 0.463 e. The summed E-state index contributed by atoms with van der Waals surface area (Å²) < 4.78 is 10.4. The molecule has 7 nitrogen and oxygen atoms in total. The van der Waals surface area contributed by atoms with Crippen molar-refractivity contribution < 1.29 is 18.5 Å². The maximum Gasteiger partial charge on any atom is 0.232 e. The number of aryl methyl sites for hydroxylation is 1. The number of hydrogen-bond acceptors (Lipinski definition) is 5. The summed E-state index contributed by atoms with van der Waals surface area (Å²) in [5.74, 6) is -0.00241. The van der Waals surface area contributed by atoms with Crippen LogP contribution in [0.3, 0.4) is 0 Å². The summed E-state index contributed by atoms with van der Waals surface area (Å²) in [6.07, 6.45) is 1.70. The van der Waals surface area contributed by atoms with Gasteiger partial charge in [0.15, 0.2) is 11.5 Å². The highest BCUT2D eigenvalue weighted by atomic mass is 16.5. The van der Waals surface area contributed by atoms with Gasteiger partial charge < -0.3 is 13.8 Å². The molecule has 1 aromatic carbocycles. The van der Waals surface area contributed by atoms with Gasteiger partial charge in [-0.05, 0) is 31.2 Å². The summed E-state index contributed by atoms with van der Waals surface area (Å²) in [6, 6.07) is 12.7. The van der Waals surface area contributed by atoms with E-state index in [9.17, 15) is 9.59 Å². The summed E-state index contributed by atoms with van der Waals surface area (Å²) >= 11 is 0. The minimum absolute atomic E-state index is 0.0668. The van der Waals surface area contributed by atoms with Crippen LogP contribution < -0.4 is 10.2 Å². The lowest BCUT2D eigenvalue weighted by Crippen LogP contribution is -2.28. The van der Waals surface area contributed by atoms with E-state index in [0.717, 1.165) is 11.3 Å². The van der Waals surface area contributed by atoms with Gasteiger partial charge in [-0.1, -0.05) is 22.9 Å². The van der Waals surface area contributed by atoms with Crippen molar-refractivity contribution in [2.45, 2.75) is 13.3 Å². The predicted octanol–water partition coefficient (Wildman–Crippen LogP) is 3.23. The molecule has 1 saturated heterocycles. The van der Waals surface area contributed by atoms with Gasteiger partial charge in [0, 0.05) is 24.7 Å². The first-order chi connectivity index (χ1) is 12.6. The van der Waals surface area contributed by atoms with Crippen LogP contribution in [0.15, 0.2) is 57.7 Å². The lowest BCUT2D eigenvalue weighted by Gasteiger charge is -2.16. The second kappa shape index (κ2) is 6.51. The highest BCUT2D eigenvalue weighted by Crippen LogP contribution is 2.27. The smallest absolute Gasteiger partial charge is 0.232 e. The molecule has 3 aromatic rings. The molecule has 7 heteroatoms. The van der Waals surface area contributed by atoms with Crippen LogP contribution in [0.5, 0.6) is 0 Å². The molecule has 26 heavy (non-hydrogen) atoms. The summed E-state index contributed by atoms with van der Waals surface area (Å²) in [7, 11) is 0. The monoisotopic (exact) mass is 351 g/mol. The molecule has 2 aromatic heterocycles. The van der Waals surface area contributed by atoms with Crippen molar-refractivity contribution in [1.82, 2.24) is 5.16 Å². The molecule has 3 heterocycles. The molecule has 1 N–H and O–H groups in total. The molecule has 0 aliphatic carbocycles. The van der Waals surface area contributed by atoms with Crippen molar-refractivity contribution in [2.24, 2.45) is 5.92 Å². The number of aromatic nitrogens is 1. The van der Waals surface area contributed by atoms with Gasteiger partial charge in [0.25, 0.3) is 0 Å². The minimum atomic E-state index is -0.444. The average molecular weight is 351 g/mol. The van der Waals surface area contributed by atoms with Crippen LogP contribution in [-0.2, 0) is 9.59 Å². The van der Waals surface area contributed by atoms with Crippen molar-refractivity contribution >= 4 is 23.4 Å². The quantitative estimate of drug-likeness (QED) is 0.779. The number of benzene rings is 1. The lowest BCUT2D eigenvalue weighted by atomic mass is 10.1. The van der Waals surface area contributed by atoms with Crippen molar-refractivity contribution in [3.05, 3.63) is 54.3 Å². The van der Waals surface area contributed by atoms with Crippen LogP contribution >= 0.6 is 0 Å². The predicted molar refractivity (Wildman–Crippen MR) is 94.5 cm³/mol. The number of hydrogen-bond donors (Lipinski definition) is 1. The zero-order valence-electron chi connectivity index (χ0n) is 14.1. The fourth-order valence-electron chi connectivity index (χ4n) is 2.96. The number of furan rings is 1. The first-order valence-electron chi connectivity index (χ1n) is 8.28. The molecular formula is C19H17N3O4. The van der Waals surface area contributed by atoms with Crippen molar-refractivity contribution in [3.63, 3.8) is 0 Å². The summed E-state index contributed by atoms with van der Waals surface area (Å²) in [5, 5.41) is 6.54. The molecule has 2 amide bonds. The molecule has 0 spiro atoms. The molecular weight excluding hydrogens is 334 g/mol. The normalized spacial score (nSPS) is 16.9. The van der Waals surface area contributed by atoms with Gasteiger partial charge in [0.1, 0.15) is 0 Å². The van der Waals surface area contributed by atoms with Crippen LogP contribution in [-0.4, -0.2) is 23.5 Å². The fourth-order valence-corrected chi connectivity index (χ4v) is 2.96. The Hall–Kier alpha value is -3.35. The highest BCUT2D eigenvalue weighted by molar-refractivity contribution is 6.03. The number of carbonyl (C=O) groups excluding carboxylic acids is 2. The van der Waals surface area contributed by atoms with E-state index in [2.05, 4.69) is 10.5 Å². The van der Waals surface area contributed by atoms with Gasteiger partial charge in [0.2, 0.25) is 17.7 Å². The van der Waals surface area contributed by atoms with Crippen LogP contribution in [0.2, 0.25) is 0 Å². The Morgan fingerprint density at radius 2 is 2.08 bits per heavy atom. The Bertz CT molecular complexity index is 928. The highest BCUT2D eigenvalue weighted by Gasteiger charge is 2.35. The van der Waals surface area contributed by atoms with Crippen molar-refractivity contribution in [3.8, 4) is 11.5 Å². The molecule has 1 unspecified atom stereocenters. The number of nitrogens with one attached hydrogen (secondary N) is 1. The molecule has 1 fully saturated rings. The van der Waals surface area contributed by atoms with Crippen molar-refractivity contribution in [2.75, 3.05) is 16.8 Å². The Morgan fingerprint density at radius 3 is 2.81 bits per heavy atom. The minimum Gasteiger partial charge on any atom is -0.463 e. The van der Waals surface area contributed by atoms with Crippen LogP contribution in [0, 0.1) is 12.8 Å². The number of nitrogens with zero attached hydrogens (tertiary/aromatic N) is 2. The second-order valence-electron chi connectivity index (χ2n) is 6.28. The molecule has 0 saturated carbocycles. The van der Waals surface area contributed by atoms with Crippen molar-refractivity contribution in [1.29, 1.82) is 0 Å². The van der Waals surface area contributed by atoms with E-state index in [-0.39, 0.29) is 24.1 Å². The van der Waals surface area contributed by atoms with Gasteiger partial charge >= 0.3 is 0 Å². The Labute approximate surface area is 149 Å². The molecule has 0 radical (unpaired) electrons. The Balaban J connectivity index is 1.43. The molecule has 0 bridgehead atoms. The van der Waals surface area contributed by atoms with Gasteiger partial charge in [-0.25, -0.2) is 0 Å². The lowest BCUT2D eigenvalue weighted by molar-refractivity contribution is -0.122. The summed E-state index contributed by atoms with van der Waals surface area (Å²) in [5.41, 5.74) is 2.41. The van der Waals surface area contributed by atoms with E-state index in [1.807, 2.05) is 31.2 Å². The molecule has 1 atom stereocenters. The zero-order chi connectivity index (χ0) is 18.1. The number of amides is 2. The third-order valence-corrected chi connectivity index (χ3v) is 4.37. The number of rotatable bonds is 4. The number of carbonyl (C=O) groups is 2. The first kappa shape index (κ1) is 16.1. The Kier molecular flexibility index (Phi) is 4.04. The van der Waals surface area contributed by atoms with Gasteiger partial charge in [-0.2, -0.15) is 0 Å². The van der Waals surface area contributed by atoms with E-state index in [4.69, 9.17) is 8.94 Å². The second-order valence-corrected chi connectivity index (χ2v) is 6.28. The summed E-state index contributed by atoms with van der Waals surface area (Å²) in [6.45, 7) is 2.33. The van der Waals surface area contributed by atoms with E-state index in [0.29, 0.717) is 18.0 Å². The first-order valence-corrected chi connectivity index (χ1v) is 8.28. The molecule has 1 aliphatic rings. The summed E-state index contributed by atoms with van der Waals surface area (Å²) in [4.78, 5) is 26.4. The van der Waals surface area contributed by atoms with Gasteiger partial charge in [0.05, 0.1) is 12.2 Å². The zero-order valence-corrected chi connectivity index (χ0v) is 14.1. The maximum atomic E-state index is 12.5. The third kappa shape index (κ3) is 3.11. The number of anilines is 2. The molecule has 1 aliphatic heterocycles.